The van der Waals surface area contributed by atoms with Crippen LogP contribution in [0.25, 0.3) is 93.2 Å². The first-order valence-corrected chi connectivity index (χ1v) is 20.3. The smallest absolute Gasteiger partial charge is 0.143 e. The van der Waals surface area contributed by atoms with Gasteiger partial charge in [0.05, 0.1) is 6.04 Å². The summed E-state index contributed by atoms with van der Waals surface area (Å²) in [4.78, 5) is 2.51. The van der Waals surface area contributed by atoms with Crippen LogP contribution >= 0.6 is 0 Å². The summed E-state index contributed by atoms with van der Waals surface area (Å²) >= 11 is 0. The number of benzene rings is 9. The van der Waals surface area contributed by atoms with Gasteiger partial charge in [-0.2, -0.15) is 0 Å². The SMILES string of the molecule is C1=CC(N(c2ccc(-c3cccc4c3oc3ccccc34)cc2)c2ccccc2-c2ccc3oc4cc5ccccc5cc4c3c2)CC=C1c1cccc2ccccc12. The molecule has 0 amide bonds. The first kappa shape index (κ1) is 33.5. The van der Waals surface area contributed by atoms with Crippen LogP contribution in [0, 0.1) is 0 Å². The average molecular weight is 756 g/mol. The minimum atomic E-state index is 0.0735. The Morgan fingerprint density at radius 3 is 1.93 bits per heavy atom. The first-order valence-electron chi connectivity index (χ1n) is 20.3. The fourth-order valence-corrected chi connectivity index (χ4v) is 9.32. The standard InChI is InChI=1S/C56H37NO2/c1-2-13-40-35-55-51(33-39(40)12-1)50-34-41(27-32-54(50)58-55)46-16-5-7-21-52(46)57(42-28-23-37(24-29-42)45-18-9-14-36-11-3-4-15-44(36)45)43-30-25-38(26-31-43)47-19-10-20-49-48-17-6-8-22-53(48)59-56(47)49/h1-28,30-35,42H,29H2. The van der Waals surface area contributed by atoms with Gasteiger partial charge in [-0.25, -0.2) is 0 Å². The minimum Gasteiger partial charge on any atom is -0.456 e. The topological polar surface area (TPSA) is 29.5 Å². The molecule has 9 aromatic carbocycles. The summed E-state index contributed by atoms with van der Waals surface area (Å²) in [7, 11) is 0. The number of anilines is 2. The highest BCUT2D eigenvalue weighted by molar-refractivity contribution is 6.12. The van der Waals surface area contributed by atoms with Gasteiger partial charge in [0.1, 0.15) is 22.3 Å². The van der Waals surface area contributed by atoms with Crippen LogP contribution in [0.2, 0.25) is 0 Å². The summed E-state index contributed by atoms with van der Waals surface area (Å²) in [6, 6.07) is 67.4. The van der Waals surface area contributed by atoms with Gasteiger partial charge in [0.15, 0.2) is 0 Å². The van der Waals surface area contributed by atoms with E-state index in [0.29, 0.717) is 0 Å². The summed E-state index contributed by atoms with van der Waals surface area (Å²) in [5, 5.41) is 9.44. The molecule has 1 aliphatic carbocycles. The van der Waals surface area contributed by atoms with E-state index in [4.69, 9.17) is 8.83 Å². The first-order chi connectivity index (χ1) is 29.2. The molecule has 2 heterocycles. The predicted octanol–water partition coefficient (Wildman–Crippen LogP) is 15.7. The zero-order valence-corrected chi connectivity index (χ0v) is 32.2. The lowest BCUT2D eigenvalue weighted by Crippen LogP contribution is -2.30. The molecule has 2 aromatic heterocycles. The summed E-state index contributed by atoms with van der Waals surface area (Å²) in [5.41, 5.74) is 12.9. The number of hydrogen-bond acceptors (Lipinski definition) is 3. The third-order valence-corrected chi connectivity index (χ3v) is 12.2. The Balaban J connectivity index is 0.980. The van der Waals surface area contributed by atoms with Crippen LogP contribution in [0.4, 0.5) is 11.4 Å². The average Bonchev–Trinajstić information content (AvgIpc) is 3.86. The second kappa shape index (κ2) is 13.5. The van der Waals surface area contributed by atoms with Crippen molar-refractivity contribution >= 4 is 82.4 Å². The van der Waals surface area contributed by atoms with Crippen molar-refractivity contribution in [3.63, 3.8) is 0 Å². The van der Waals surface area contributed by atoms with Gasteiger partial charge in [-0.15, -0.1) is 0 Å². The van der Waals surface area contributed by atoms with Crippen molar-refractivity contribution in [3.05, 3.63) is 212 Å². The molecule has 1 aliphatic rings. The molecule has 1 unspecified atom stereocenters. The Labute approximate surface area is 341 Å². The minimum absolute atomic E-state index is 0.0735. The molecule has 0 spiro atoms. The maximum absolute atomic E-state index is 6.46. The van der Waals surface area contributed by atoms with Crippen LogP contribution in [-0.4, -0.2) is 6.04 Å². The highest BCUT2D eigenvalue weighted by Gasteiger charge is 2.24. The molecular formula is C56H37NO2. The van der Waals surface area contributed by atoms with Gasteiger partial charge < -0.3 is 13.7 Å². The maximum Gasteiger partial charge on any atom is 0.143 e. The Kier molecular flexibility index (Phi) is 7.67. The molecule has 0 fully saturated rings. The number of fused-ring (bicyclic) bond motifs is 8. The van der Waals surface area contributed by atoms with Crippen LogP contribution in [-0.2, 0) is 0 Å². The molecular weight excluding hydrogens is 719 g/mol. The molecule has 0 N–H and O–H groups in total. The molecule has 12 rings (SSSR count). The molecule has 3 heteroatoms. The normalized spacial score (nSPS) is 14.2. The van der Waals surface area contributed by atoms with Crippen LogP contribution in [0.5, 0.6) is 0 Å². The van der Waals surface area contributed by atoms with Crippen molar-refractivity contribution < 1.29 is 8.83 Å². The Hall–Kier alpha value is -7.62. The van der Waals surface area contributed by atoms with E-state index in [1.54, 1.807) is 0 Å². The highest BCUT2D eigenvalue weighted by atomic mass is 16.3. The van der Waals surface area contributed by atoms with E-state index in [1.165, 1.54) is 32.7 Å². The van der Waals surface area contributed by atoms with Gasteiger partial charge in [0, 0.05) is 44.0 Å². The third-order valence-electron chi connectivity index (χ3n) is 12.2. The van der Waals surface area contributed by atoms with Crippen LogP contribution in [0.1, 0.15) is 12.0 Å². The van der Waals surface area contributed by atoms with Crippen molar-refractivity contribution in [3.8, 4) is 22.3 Å². The summed E-state index contributed by atoms with van der Waals surface area (Å²) in [5.74, 6) is 0. The van der Waals surface area contributed by atoms with Crippen molar-refractivity contribution in [2.75, 3.05) is 4.90 Å². The number of furan rings is 2. The van der Waals surface area contributed by atoms with Gasteiger partial charge in [0.2, 0.25) is 0 Å². The van der Waals surface area contributed by atoms with Gasteiger partial charge in [-0.3, -0.25) is 0 Å². The lowest BCUT2D eigenvalue weighted by atomic mass is 9.91. The van der Waals surface area contributed by atoms with E-state index >= 15 is 0 Å². The van der Waals surface area contributed by atoms with E-state index in [9.17, 15) is 0 Å². The van der Waals surface area contributed by atoms with Crippen LogP contribution < -0.4 is 4.90 Å². The van der Waals surface area contributed by atoms with Crippen LogP contribution in [0.15, 0.2) is 215 Å². The lowest BCUT2D eigenvalue weighted by Gasteiger charge is -2.35. The fourth-order valence-electron chi connectivity index (χ4n) is 9.32. The molecule has 0 radical (unpaired) electrons. The molecule has 0 bridgehead atoms. The van der Waals surface area contributed by atoms with E-state index in [2.05, 4.69) is 199 Å². The molecule has 1 atom stereocenters. The van der Waals surface area contributed by atoms with E-state index < -0.39 is 0 Å². The molecule has 59 heavy (non-hydrogen) atoms. The zero-order valence-electron chi connectivity index (χ0n) is 32.2. The molecule has 0 saturated carbocycles. The maximum atomic E-state index is 6.46. The van der Waals surface area contributed by atoms with Crippen molar-refractivity contribution in [1.82, 2.24) is 0 Å². The van der Waals surface area contributed by atoms with E-state index in [-0.39, 0.29) is 6.04 Å². The fraction of sp³-hybridized carbons (Fsp3) is 0.0357. The summed E-state index contributed by atoms with van der Waals surface area (Å²) in [6.45, 7) is 0. The molecule has 0 aliphatic heterocycles. The zero-order chi connectivity index (χ0) is 38.9. The largest absolute Gasteiger partial charge is 0.456 e. The van der Waals surface area contributed by atoms with Gasteiger partial charge in [-0.05, 0) is 98.8 Å². The van der Waals surface area contributed by atoms with Crippen molar-refractivity contribution in [2.45, 2.75) is 12.5 Å². The van der Waals surface area contributed by atoms with Gasteiger partial charge in [-0.1, -0.05) is 158 Å². The Morgan fingerprint density at radius 1 is 0.424 bits per heavy atom. The summed E-state index contributed by atoms with van der Waals surface area (Å²) in [6.07, 6.45) is 7.96. The highest BCUT2D eigenvalue weighted by Crippen LogP contribution is 2.43. The number of allylic oxidation sites excluding steroid dienone is 2. The monoisotopic (exact) mass is 755 g/mol. The Morgan fingerprint density at radius 2 is 1.07 bits per heavy atom. The lowest BCUT2D eigenvalue weighted by molar-refractivity contribution is 0.669. The molecule has 11 aromatic rings. The van der Waals surface area contributed by atoms with Gasteiger partial charge >= 0.3 is 0 Å². The molecule has 278 valence electrons. The number of para-hydroxylation sites is 3. The quantitative estimate of drug-likeness (QED) is 0.169. The van der Waals surface area contributed by atoms with Crippen LogP contribution in [0.3, 0.4) is 0 Å². The van der Waals surface area contributed by atoms with E-state index in [0.717, 1.165) is 83.9 Å². The second-order valence-electron chi connectivity index (χ2n) is 15.6. The van der Waals surface area contributed by atoms with Gasteiger partial charge in [0.25, 0.3) is 0 Å². The van der Waals surface area contributed by atoms with Crippen molar-refractivity contribution in [2.24, 2.45) is 0 Å². The predicted molar refractivity (Wildman–Crippen MR) is 247 cm³/mol. The second-order valence-corrected chi connectivity index (χ2v) is 15.6. The molecule has 0 saturated heterocycles. The third kappa shape index (κ3) is 5.58. The number of rotatable bonds is 6. The summed E-state index contributed by atoms with van der Waals surface area (Å²) < 4.78 is 12.9. The Bertz CT molecular complexity index is 3480. The molecule has 3 nitrogen and oxygen atoms in total. The number of nitrogens with zero attached hydrogens (tertiary/aromatic N) is 1. The van der Waals surface area contributed by atoms with Crippen molar-refractivity contribution in [1.29, 1.82) is 0 Å². The van der Waals surface area contributed by atoms with E-state index in [1.807, 2.05) is 12.1 Å². The number of hydrogen-bond donors (Lipinski definition) is 0.